The van der Waals surface area contributed by atoms with Gasteiger partial charge in [-0.25, -0.2) is 9.18 Å². The molecular formula is C18H21FN2O3. The number of carbonyl (C=O) groups excluding carboxylic acids is 1. The Morgan fingerprint density at radius 1 is 1.25 bits per heavy atom. The summed E-state index contributed by atoms with van der Waals surface area (Å²) in [6, 6.07) is 11.2. The van der Waals surface area contributed by atoms with E-state index < -0.39 is 18.0 Å². The third-order valence-corrected chi connectivity index (χ3v) is 3.62. The van der Waals surface area contributed by atoms with Crippen molar-refractivity contribution in [1.82, 2.24) is 10.6 Å². The molecule has 0 bridgehead atoms. The first-order valence-electron chi connectivity index (χ1n) is 7.58. The van der Waals surface area contributed by atoms with E-state index in [4.69, 9.17) is 4.74 Å². The zero-order valence-corrected chi connectivity index (χ0v) is 13.7. The summed E-state index contributed by atoms with van der Waals surface area (Å²) in [5.41, 5.74) is 2.31. The lowest BCUT2D eigenvalue weighted by Crippen LogP contribution is -2.37. The van der Waals surface area contributed by atoms with Gasteiger partial charge in [0.05, 0.1) is 13.2 Å². The SMILES string of the molecule is COc1cc(F)cc(CNC(=O)NCC(O)c2ccccc2C)c1. The third kappa shape index (κ3) is 4.96. The second-order valence-corrected chi connectivity index (χ2v) is 5.44. The number of methoxy groups -OCH3 is 1. The molecule has 0 saturated carbocycles. The monoisotopic (exact) mass is 332 g/mol. The molecule has 1 unspecified atom stereocenters. The number of amides is 2. The van der Waals surface area contributed by atoms with Gasteiger partial charge in [-0.3, -0.25) is 0 Å². The van der Waals surface area contributed by atoms with Crippen LogP contribution in [-0.4, -0.2) is 24.8 Å². The second-order valence-electron chi connectivity index (χ2n) is 5.44. The van der Waals surface area contributed by atoms with Crippen molar-refractivity contribution in [2.45, 2.75) is 19.6 Å². The Hall–Kier alpha value is -2.60. The molecule has 128 valence electrons. The highest BCUT2D eigenvalue weighted by atomic mass is 19.1. The van der Waals surface area contributed by atoms with Gasteiger partial charge < -0.3 is 20.5 Å². The topological polar surface area (TPSA) is 70.6 Å². The number of rotatable bonds is 6. The van der Waals surface area contributed by atoms with Gasteiger partial charge in [0.1, 0.15) is 11.6 Å². The van der Waals surface area contributed by atoms with Crippen molar-refractivity contribution in [3.63, 3.8) is 0 Å². The summed E-state index contributed by atoms with van der Waals surface area (Å²) < 4.78 is 18.4. The van der Waals surface area contributed by atoms with Gasteiger partial charge in [0.15, 0.2) is 0 Å². The van der Waals surface area contributed by atoms with Crippen LogP contribution in [0.2, 0.25) is 0 Å². The molecule has 0 saturated heterocycles. The maximum absolute atomic E-state index is 13.4. The van der Waals surface area contributed by atoms with Crippen LogP contribution in [0.4, 0.5) is 9.18 Å². The number of carbonyl (C=O) groups is 1. The molecule has 2 rings (SSSR count). The Labute approximate surface area is 140 Å². The number of halogens is 1. The quantitative estimate of drug-likeness (QED) is 0.762. The van der Waals surface area contributed by atoms with E-state index in [9.17, 15) is 14.3 Å². The minimum absolute atomic E-state index is 0.0865. The molecule has 2 aromatic carbocycles. The Morgan fingerprint density at radius 2 is 2.00 bits per heavy atom. The number of ether oxygens (including phenoxy) is 1. The molecule has 5 nitrogen and oxygen atoms in total. The van der Waals surface area contributed by atoms with Gasteiger partial charge in [-0.15, -0.1) is 0 Å². The molecule has 1 atom stereocenters. The fourth-order valence-corrected chi connectivity index (χ4v) is 2.35. The van der Waals surface area contributed by atoms with Crippen LogP contribution < -0.4 is 15.4 Å². The van der Waals surface area contributed by atoms with Crippen LogP contribution in [0.15, 0.2) is 42.5 Å². The molecule has 0 radical (unpaired) electrons. The lowest BCUT2D eigenvalue weighted by Gasteiger charge is -2.15. The number of hydrogen-bond acceptors (Lipinski definition) is 3. The zero-order valence-electron chi connectivity index (χ0n) is 13.7. The summed E-state index contributed by atoms with van der Waals surface area (Å²) in [6.07, 6.45) is -0.786. The van der Waals surface area contributed by atoms with E-state index in [1.165, 1.54) is 19.2 Å². The van der Waals surface area contributed by atoms with Crippen molar-refractivity contribution < 1.29 is 19.0 Å². The number of hydrogen-bond donors (Lipinski definition) is 3. The van der Waals surface area contributed by atoms with E-state index in [0.717, 1.165) is 11.1 Å². The highest BCUT2D eigenvalue weighted by molar-refractivity contribution is 5.73. The van der Waals surface area contributed by atoms with Crippen molar-refractivity contribution in [3.8, 4) is 5.75 Å². The molecule has 0 spiro atoms. The predicted octanol–water partition coefficient (Wildman–Crippen LogP) is 2.68. The molecule has 2 amide bonds. The number of benzene rings is 2. The molecule has 6 heteroatoms. The smallest absolute Gasteiger partial charge is 0.315 e. The fraction of sp³-hybridized carbons (Fsp3) is 0.278. The normalized spacial score (nSPS) is 11.7. The first kappa shape index (κ1) is 17.7. The van der Waals surface area contributed by atoms with Gasteiger partial charge in [0.2, 0.25) is 0 Å². The molecule has 0 aliphatic heterocycles. The van der Waals surface area contributed by atoms with E-state index in [-0.39, 0.29) is 13.1 Å². The fourth-order valence-electron chi connectivity index (χ4n) is 2.35. The van der Waals surface area contributed by atoms with E-state index in [2.05, 4.69) is 10.6 Å². The minimum Gasteiger partial charge on any atom is -0.497 e. The highest BCUT2D eigenvalue weighted by Crippen LogP contribution is 2.17. The van der Waals surface area contributed by atoms with Gasteiger partial charge in [0.25, 0.3) is 0 Å². The van der Waals surface area contributed by atoms with Gasteiger partial charge >= 0.3 is 6.03 Å². The lowest BCUT2D eigenvalue weighted by atomic mass is 10.0. The average molecular weight is 332 g/mol. The van der Waals surface area contributed by atoms with Crippen LogP contribution in [0.3, 0.4) is 0 Å². The molecule has 0 aromatic heterocycles. The van der Waals surface area contributed by atoms with E-state index >= 15 is 0 Å². The Morgan fingerprint density at radius 3 is 2.71 bits per heavy atom. The van der Waals surface area contributed by atoms with Crippen LogP contribution >= 0.6 is 0 Å². The van der Waals surface area contributed by atoms with Crippen molar-refractivity contribution in [2.75, 3.05) is 13.7 Å². The van der Waals surface area contributed by atoms with Gasteiger partial charge in [-0.2, -0.15) is 0 Å². The Bertz CT molecular complexity index is 706. The molecule has 24 heavy (non-hydrogen) atoms. The van der Waals surface area contributed by atoms with Crippen LogP contribution in [0, 0.1) is 12.7 Å². The van der Waals surface area contributed by atoms with Crippen LogP contribution in [0.5, 0.6) is 5.75 Å². The predicted molar refractivity (Wildman–Crippen MR) is 89.3 cm³/mol. The van der Waals surface area contributed by atoms with Crippen molar-refractivity contribution in [3.05, 3.63) is 65.0 Å². The Balaban J connectivity index is 1.83. The molecular weight excluding hydrogens is 311 g/mol. The maximum atomic E-state index is 13.4. The number of nitrogens with one attached hydrogen (secondary N) is 2. The summed E-state index contributed by atoms with van der Waals surface area (Å²) in [6.45, 7) is 2.14. The van der Waals surface area contributed by atoms with Gasteiger partial charge in [-0.05, 0) is 35.7 Å². The molecule has 0 heterocycles. The summed E-state index contributed by atoms with van der Waals surface area (Å²) in [7, 11) is 1.45. The lowest BCUT2D eigenvalue weighted by molar-refractivity contribution is 0.172. The third-order valence-electron chi connectivity index (χ3n) is 3.62. The summed E-state index contributed by atoms with van der Waals surface area (Å²) in [5, 5.41) is 15.3. The van der Waals surface area contributed by atoms with Crippen molar-refractivity contribution in [1.29, 1.82) is 0 Å². The number of aliphatic hydroxyl groups is 1. The van der Waals surface area contributed by atoms with Crippen LogP contribution in [0.1, 0.15) is 22.8 Å². The van der Waals surface area contributed by atoms with Crippen molar-refractivity contribution >= 4 is 6.03 Å². The first-order chi connectivity index (χ1) is 11.5. The largest absolute Gasteiger partial charge is 0.497 e. The molecule has 0 fully saturated rings. The van der Waals surface area contributed by atoms with Crippen LogP contribution in [0.25, 0.3) is 0 Å². The highest BCUT2D eigenvalue weighted by Gasteiger charge is 2.11. The van der Waals surface area contributed by atoms with Crippen LogP contribution in [-0.2, 0) is 6.54 Å². The Kier molecular flexibility index (Phi) is 6.14. The molecule has 0 aliphatic carbocycles. The van der Waals surface area contributed by atoms with E-state index in [1.54, 1.807) is 6.07 Å². The standard InChI is InChI=1S/C18H21FN2O3/c1-12-5-3-4-6-16(12)17(22)11-21-18(23)20-10-13-7-14(19)9-15(8-13)24-2/h3-9,17,22H,10-11H2,1-2H3,(H2,20,21,23). The van der Waals surface area contributed by atoms with E-state index in [1.807, 2.05) is 31.2 Å². The molecule has 2 aromatic rings. The summed E-state index contributed by atoms with van der Waals surface area (Å²) >= 11 is 0. The number of aliphatic hydroxyl groups excluding tert-OH is 1. The molecule has 0 aliphatic rings. The van der Waals surface area contributed by atoms with Gasteiger partial charge in [-0.1, -0.05) is 24.3 Å². The average Bonchev–Trinajstić information content (AvgIpc) is 2.57. The molecule has 3 N–H and O–H groups in total. The maximum Gasteiger partial charge on any atom is 0.315 e. The van der Waals surface area contributed by atoms with Gasteiger partial charge in [0, 0.05) is 19.2 Å². The van der Waals surface area contributed by atoms with E-state index in [0.29, 0.717) is 11.3 Å². The number of urea groups is 1. The second kappa shape index (κ2) is 8.31. The summed E-state index contributed by atoms with van der Waals surface area (Å²) in [5.74, 6) is -0.0382. The first-order valence-corrected chi connectivity index (χ1v) is 7.58. The minimum atomic E-state index is -0.786. The summed E-state index contributed by atoms with van der Waals surface area (Å²) in [4.78, 5) is 11.8. The van der Waals surface area contributed by atoms with Crippen molar-refractivity contribution in [2.24, 2.45) is 0 Å². The zero-order chi connectivity index (χ0) is 17.5. The number of aryl methyl sites for hydroxylation is 1.